The van der Waals surface area contributed by atoms with Crippen molar-refractivity contribution in [1.82, 2.24) is 10.6 Å². The SMILES string of the molecule is O=C1N[C@@H](C(=O)NC2CC(c3ccccc3)C2)CO1. The van der Waals surface area contributed by atoms with Crippen molar-refractivity contribution in [3.8, 4) is 0 Å². The van der Waals surface area contributed by atoms with Gasteiger partial charge >= 0.3 is 6.09 Å². The summed E-state index contributed by atoms with van der Waals surface area (Å²) in [5.41, 5.74) is 1.32. The minimum absolute atomic E-state index is 0.125. The molecule has 0 bridgehead atoms. The molecule has 2 aliphatic rings. The average Bonchev–Trinajstić information content (AvgIpc) is 2.81. The molecule has 0 aromatic heterocycles. The van der Waals surface area contributed by atoms with Crippen LogP contribution in [-0.2, 0) is 9.53 Å². The number of alkyl carbamates (subject to hydrolysis) is 1. The molecule has 1 aliphatic carbocycles. The Labute approximate surface area is 111 Å². The zero-order valence-corrected chi connectivity index (χ0v) is 10.5. The molecule has 1 aromatic carbocycles. The highest BCUT2D eigenvalue weighted by molar-refractivity contribution is 5.88. The van der Waals surface area contributed by atoms with Gasteiger partial charge in [0.1, 0.15) is 12.6 Å². The number of hydrogen-bond acceptors (Lipinski definition) is 3. The van der Waals surface area contributed by atoms with Crippen molar-refractivity contribution in [3.05, 3.63) is 35.9 Å². The molecule has 0 radical (unpaired) electrons. The van der Waals surface area contributed by atoms with Gasteiger partial charge in [0.05, 0.1) is 0 Å². The molecule has 1 heterocycles. The Hall–Kier alpha value is -2.04. The Morgan fingerprint density at radius 1 is 1.26 bits per heavy atom. The Balaban J connectivity index is 1.47. The summed E-state index contributed by atoms with van der Waals surface area (Å²) in [5.74, 6) is 0.378. The van der Waals surface area contributed by atoms with Crippen LogP contribution in [0.5, 0.6) is 0 Å². The molecule has 2 amide bonds. The maximum atomic E-state index is 11.8. The van der Waals surface area contributed by atoms with E-state index in [4.69, 9.17) is 4.74 Å². The van der Waals surface area contributed by atoms with Crippen LogP contribution in [0.3, 0.4) is 0 Å². The molecule has 1 aromatic rings. The van der Waals surface area contributed by atoms with Crippen molar-refractivity contribution in [3.63, 3.8) is 0 Å². The molecule has 100 valence electrons. The average molecular weight is 260 g/mol. The van der Waals surface area contributed by atoms with Gasteiger partial charge in [-0.15, -0.1) is 0 Å². The molecule has 2 N–H and O–H groups in total. The van der Waals surface area contributed by atoms with E-state index in [0.29, 0.717) is 5.92 Å². The van der Waals surface area contributed by atoms with E-state index in [2.05, 4.69) is 22.8 Å². The number of ether oxygens (including phenoxy) is 1. The highest BCUT2D eigenvalue weighted by Gasteiger charge is 2.35. The third-order valence-corrected chi connectivity index (χ3v) is 3.75. The molecule has 0 unspecified atom stereocenters. The number of amides is 2. The van der Waals surface area contributed by atoms with Crippen molar-refractivity contribution in [1.29, 1.82) is 0 Å². The van der Waals surface area contributed by atoms with E-state index in [0.717, 1.165) is 12.8 Å². The van der Waals surface area contributed by atoms with Crippen LogP contribution < -0.4 is 10.6 Å². The highest BCUT2D eigenvalue weighted by atomic mass is 16.6. The minimum atomic E-state index is -0.539. The lowest BCUT2D eigenvalue weighted by molar-refractivity contribution is -0.124. The Morgan fingerprint density at radius 3 is 2.63 bits per heavy atom. The fourth-order valence-electron chi connectivity index (χ4n) is 2.56. The van der Waals surface area contributed by atoms with E-state index in [1.807, 2.05) is 18.2 Å². The second-order valence-electron chi connectivity index (χ2n) is 5.08. The summed E-state index contributed by atoms with van der Waals surface area (Å²) >= 11 is 0. The molecule has 2 fully saturated rings. The first kappa shape index (κ1) is 12.0. The first-order valence-corrected chi connectivity index (χ1v) is 6.51. The van der Waals surface area contributed by atoms with E-state index in [9.17, 15) is 9.59 Å². The van der Waals surface area contributed by atoms with Crippen LogP contribution in [0.25, 0.3) is 0 Å². The van der Waals surface area contributed by atoms with Crippen LogP contribution in [0, 0.1) is 0 Å². The molecule has 1 atom stereocenters. The third kappa shape index (κ3) is 2.54. The zero-order valence-electron chi connectivity index (χ0n) is 10.5. The van der Waals surface area contributed by atoms with Crippen LogP contribution in [-0.4, -0.2) is 30.7 Å². The summed E-state index contributed by atoms with van der Waals surface area (Å²) in [5, 5.41) is 5.42. The molecule has 1 aliphatic heterocycles. The lowest BCUT2D eigenvalue weighted by Crippen LogP contribution is -2.50. The van der Waals surface area contributed by atoms with E-state index in [1.165, 1.54) is 5.56 Å². The minimum Gasteiger partial charge on any atom is -0.447 e. The lowest BCUT2D eigenvalue weighted by atomic mass is 9.76. The van der Waals surface area contributed by atoms with Crippen molar-refractivity contribution in [2.45, 2.75) is 30.8 Å². The van der Waals surface area contributed by atoms with Gasteiger partial charge in [0.2, 0.25) is 5.91 Å². The van der Waals surface area contributed by atoms with E-state index < -0.39 is 12.1 Å². The van der Waals surface area contributed by atoms with Crippen LogP contribution in [0.1, 0.15) is 24.3 Å². The summed E-state index contributed by atoms with van der Waals surface area (Å²) in [6, 6.07) is 9.98. The molecular weight excluding hydrogens is 244 g/mol. The van der Waals surface area contributed by atoms with Gasteiger partial charge in [-0.3, -0.25) is 4.79 Å². The smallest absolute Gasteiger partial charge is 0.407 e. The zero-order chi connectivity index (χ0) is 13.2. The van der Waals surface area contributed by atoms with Gasteiger partial charge in [-0.05, 0) is 24.3 Å². The van der Waals surface area contributed by atoms with Gasteiger partial charge in [-0.25, -0.2) is 4.79 Å². The van der Waals surface area contributed by atoms with Crippen LogP contribution in [0.4, 0.5) is 4.79 Å². The largest absolute Gasteiger partial charge is 0.447 e. The van der Waals surface area contributed by atoms with Crippen LogP contribution in [0.15, 0.2) is 30.3 Å². The van der Waals surface area contributed by atoms with Gasteiger partial charge in [-0.1, -0.05) is 30.3 Å². The number of carbonyl (C=O) groups is 2. The molecular formula is C14H16N2O3. The lowest BCUT2D eigenvalue weighted by Gasteiger charge is -2.36. The summed E-state index contributed by atoms with van der Waals surface area (Å²) in [7, 11) is 0. The first-order chi connectivity index (χ1) is 9.22. The number of hydrogen-bond donors (Lipinski definition) is 2. The topological polar surface area (TPSA) is 67.4 Å². The summed E-state index contributed by atoms with van der Waals surface area (Å²) in [6.45, 7) is 0.125. The van der Waals surface area contributed by atoms with E-state index >= 15 is 0 Å². The quantitative estimate of drug-likeness (QED) is 0.857. The Morgan fingerprint density at radius 2 is 2.00 bits per heavy atom. The summed E-state index contributed by atoms with van der Waals surface area (Å²) < 4.78 is 4.70. The molecule has 3 rings (SSSR count). The van der Waals surface area contributed by atoms with Crippen molar-refractivity contribution in [2.24, 2.45) is 0 Å². The van der Waals surface area contributed by atoms with Crippen molar-refractivity contribution < 1.29 is 14.3 Å². The Kier molecular flexibility index (Phi) is 3.11. The van der Waals surface area contributed by atoms with Crippen LogP contribution in [0.2, 0.25) is 0 Å². The maximum Gasteiger partial charge on any atom is 0.407 e. The highest BCUT2D eigenvalue weighted by Crippen LogP contribution is 2.36. The maximum absolute atomic E-state index is 11.8. The second-order valence-corrected chi connectivity index (χ2v) is 5.08. The molecule has 5 heteroatoms. The van der Waals surface area contributed by atoms with E-state index in [1.54, 1.807) is 0 Å². The first-order valence-electron chi connectivity index (χ1n) is 6.51. The number of nitrogens with one attached hydrogen (secondary N) is 2. The summed E-state index contributed by atoms with van der Waals surface area (Å²) in [4.78, 5) is 22.7. The molecule has 5 nitrogen and oxygen atoms in total. The van der Waals surface area contributed by atoms with Gasteiger partial charge in [0.15, 0.2) is 0 Å². The van der Waals surface area contributed by atoms with Gasteiger partial charge in [-0.2, -0.15) is 0 Å². The number of benzene rings is 1. The van der Waals surface area contributed by atoms with Gasteiger partial charge in [0, 0.05) is 6.04 Å². The number of carbonyl (C=O) groups excluding carboxylic acids is 2. The second kappa shape index (κ2) is 4.91. The van der Waals surface area contributed by atoms with Crippen LogP contribution >= 0.6 is 0 Å². The molecule has 0 spiro atoms. The van der Waals surface area contributed by atoms with Crippen molar-refractivity contribution >= 4 is 12.0 Å². The number of rotatable bonds is 3. The fraction of sp³-hybridized carbons (Fsp3) is 0.429. The molecule has 1 saturated heterocycles. The fourth-order valence-corrected chi connectivity index (χ4v) is 2.56. The predicted molar refractivity (Wildman–Crippen MR) is 68.6 cm³/mol. The number of cyclic esters (lactones) is 1. The van der Waals surface area contributed by atoms with Crippen molar-refractivity contribution in [2.75, 3.05) is 6.61 Å². The third-order valence-electron chi connectivity index (χ3n) is 3.75. The standard InChI is InChI=1S/C14H16N2O3/c17-13(12-8-19-14(18)16-12)15-11-6-10(7-11)9-4-2-1-3-5-9/h1-5,10-12H,6-8H2,(H,15,17)(H,16,18)/t10?,11?,12-/m1/s1. The normalized spacial score (nSPS) is 29.1. The van der Waals surface area contributed by atoms with E-state index in [-0.39, 0.29) is 18.6 Å². The van der Waals surface area contributed by atoms with Gasteiger partial charge in [0.25, 0.3) is 0 Å². The van der Waals surface area contributed by atoms with Gasteiger partial charge < -0.3 is 15.4 Å². The monoisotopic (exact) mass is 260 g/mol. The predicted octanol–water partition coefficient (Wildman–Crippen LogP) is 1.16. The molecule has 19 heavy (non-hydrogen) atoms. The molecule has 1 saturated carbocycles. The Bertz CT molecular complexity index is 483. The summed E-state index contributed by atoms with van der Waals surface area (Å²) in [6.07, 6.45) is 1.39.